The standard InChI is InChI=1S/C22H25N7O3/c1-13-18(29-12-17(25-27-29)14-6-16(31-5)10-24-9-14)7-15(21(23)30)11-28(13)20-8-19(32-26-20)22(2,3)4/h6-10,12H,11H2,1-5H3,(H2,23,30). The maximum atomic E-state index is 12.1. The third-order valence-electron chi connectivity index (χ3n) is 5.23. The van der Waals surface area contributed by atoms with E-state index in [0.717, 1.165) is 17.0 Å². The minimum absolute atomic E-state index is 0.199. The average Bonchev–Trinajstić information content (AvgIpc) is 3.44. The summed E-state index contributed by atoms with van der Waals surface area (Å²) in [6.07, 6.45) is 6.78. The van der Waals surface area contributed by atoms with Gasteiger partial charge in [0, 0.05) is 34.5 Å². The summed E-state index contributed by atoms with van der Waals surface area (Å²) in [4.78, 5) is 18.1. The van der Waals surface area contributed by atoms with Crippen molar-refractivity contribution in [2.45, 2.75) is 33.1 Å². The van der Waals surface area contributed by atoms with E-state index in [-0.39, 0.29) is 12.0 Å². The van der Waals surface area contributed by atoms with Crippen LogP contribution in [0.2, 0.25) is 0 Å². The first kappa shape index (κ1) is 21.3. The zero-order valence-electron chi connectivity index (χ0n) is 18.7. The van der Waals surface area contributed by atoms with Crippen molar-refractivity contribution in [2.24, 2.45) is 5.73 Å². The first-order valence-electron chi connectivity index (χ1n) is 10.1. The first-order valence-corrected chi connectivity index (χ1v) is 10.1. The van der Waals surface area contributed by atoms with Crippen molar-refractivity contribution in [1.82, 2.24) is 25.1 Å². The zero-order chi connectivity index (χ0) is 23.0. The third kappa shape index (κ3) is 3.98. The van der Waals surface area contributed by atoms with E-state index in [2.05, 4.69) is 20.5 Å². The summed E-state index contributed by atoms with van der Waals surface area (Å²) in [7, 11) is 1.58. The van der Waals surface area contributed by atoms with Gasteiger partial charge in [-0.1, -0.05) is 31.1 Å². The highest BCUT2D eigenvalue weighted by Gasteiger charge is 2.28. The van der Waals surface area contributed by atoms with Crippen molar-refractivity contribution in [1.29, 1.82) is 0 Å². The summed E-state index contributed by atoms with van der Waals surface area (Å²) in [5.74, 6) is 1.43. The topological polar surface area (TPSA) is 125 Å². The molecular formula is C22H25N7O3. The van der Waals surface area contributed by atoms with Gasteiger partial charge in [0.15, 0.2) is 5.82 Å². The van der Waals surface area contributed by atoms with E-state index < -0.39 is 5.91 Å². The largest absolute Gasteiger partial charge is 0.495 e. The van der Waals surface area contributed by atoms with Crippen molar-refractivity contribution in [2.75, 3.05) is 18.6 Å². The number of anilines is 1. The number of allylic oxidation sites excluding steroid dienone is 3. The van der Waals surface area contributed by atoms with Gasteiger partial charge in [-0.25, -0.2) is 4.68 Å². The van der Waals surface area contributed by atoms with Gasteiger partial charge < -0.3 is 19.9 Å². The Morgan fingerprint density at radius 2 is 2.03 bits per heavy atom. The Morgan fingerprint density at radius 1 is 1.25 bits per heavy atom. The summed E-state index contributed by atoms with van der Waals surface area (Å²) < 4.78 is 12.4. The highest BCUT2D eigenvalue weighted by Crippen LogP contribution is 2.32. The number of hydrogen-bond donors (Lipinski definition) is 1. The fourth-order valence-corrected chi connectivity index (χ4v) is 3.31. The molecule has 0 unspecified atom stereocenters. The number of nitrogens with zero attached hydrogens (tertiary/aromatic N) is 6. The number of hydrogen-bond acceptors (Lipinski definition) is 8. The molecule has 1 aliphatic heterocycles. The van der Waals surface area contributed by atoms with E-state index in [1.807, 2.05) is 44.7 Å². The van der Waals surface area contributed by atoms with Gasteiger partial charge in [-0.05, 0) is 19.1 Å². The molecule has 0 aliphatic carbocycles. The molecule has 0 saturated carbocycles. The molecule has 0 fully saturated rings. The Bertz CT molecular complexity index is 1230. The molecule has 4 heterocycles. The van der Waals surface area contributed by atoms with Gasteiger partial charge in [0.25, 0.3) is 0 Å². The van der Waals surface area contributed by atoms with Crippen LogP contribution < -0.4 is 15.4 Å². The number of ether oxygens (including phenoxy) is 1. The fourth-order valence-electron chi connectivity index (χ4n) is 3.31. The molecule has 0 aromatic carbocycles. The van der Waals surface area contributed by atoms with E-state index in [0.29, 0.717) is 28.5 Å². The van der Waals surface area contributed by atoms with E-state index in [1.165, 1.54) is 0 Å². The molecule has 2 N–H and O–H groups in total. The Hall–Kier alpha value is -3.95. The van der Waals surface area contributed by atoms with Gasteiger partial charge >= 0.3 is 0 Å². The Balaban J connectivity index is 1.75. The van der Waals surface area contributed by atoms with Gasteiger partial charge in [0.2, 0.25) is 5.91 Å². The summed E-state index contributed by atoms with van der Waals surface area (Å²) in [6.45, 7) is 8.33. The van der Waals surface area contributed by atoms with E-state index in [1.54, 1.807) is 36.5 Å². The highest BCUT2D eigenvalue weighted by atomic mass is 16.5. The molecule has 1 amide bonds. The lowest BCUT2D eigenvalue weighted by atomic mass is 9.93. The molecule has 32 heavy (non-hydrogen) atoms. The Kier molecular flexibility index (Phi) is 5.29. The molecule has 0 atom stereocenters. The minimum Gasteiger partial charge on any atom is -0.495 e. The number of amides is 1. The quantitative estimate of drug-likeness (QED) is 0.648. The number of pyridine rings is 1. The molecule has 166 valence electrons. The van der Waals surface area contributed by atoms with Crippen LogP contribution in [-0.2, 0) is 10.2 Å². The fraction of sp³-hybridized carbons (Fsp3) is 0.318. The normalized spacial score (nSPS) is 14.5. The Morgan fingerprint density at radius 3 is 2.69 bits per heavy atom. The van der Waals surface area contributed by atoms with Crippen LogP contribution in [0.4, 0.5) is 5.82 Å². The molecule has 4 rings (SSSR count). The smallest absolute Gasteiger partial charge is 0.246 e. The van der Waals surface area contributed by atoms with Crippen molar-refractivity contribution < 1.29 is 14.1 Å². The molecule has 0 radical (unpaired) electrons. The zero-order valence-corrected chi connectivity index (χ0v) is 18.7. The van der Waals surface area contributed by atoms with Crippen molar-refractivity contribution in [3.63, 3.8) is 0 Å². The molecule has 3 aromatic heterocycles. The van der Waals surface area contributed by atoms with E-state index >= 15 is 0 Å². The number of primary amides is 1. The van der Waals surface area contributed by atoms with Gasteiger partial charge in [-0.15, -0.1) is 5.10 Å². The van der Waals surface area contributed by atoms with Crippen LogP contribution in [0.25, 0.3) is 17.0 Å². The second-order valence-corrected chi connectivity index (χ2v) is 8.55. The van der Waals surface area contributed by atoms with Crippen molar-refractivity contribution in [3.05, 3.63) is 53.8 Å². The maximum absolute atomic E-state index is 12.1. The molecule has 0 spiro atoms. The van der Waals surface area contributed by atoms with Crippen molar-refractivity contribution >= 4 is 17.4 Å². The van der Waals surface area contributed by atoms with Crippen LogP contribution in [0.15, 0.2) is 52.6 Å². The summed E-state index contributed by atoms with van der Waals surface area (Å²) in [5, 5.41) is 12.7. The second-order valence-electron chi connectivity index (χ2n) is 8.55. The minimum atomic E-state index is -0.517. The van der Waals surface area contributed by atoms with Crippen molar-refractivity contribution in [3.8, 4) is 17.0 Å². The maximum Gasteiger partial charge on any atom is 0.246 e. The lowest BCUT2D eigenvalue weighted by Crippen LogP contribution is -2.33. The predicted molar refractivity (Wildman–Crippen MR) is 119 cm³/mol. The highest BCUT2D eigenvalue weighted by molar-refractivity contribution is 5.96. The molecule has 1 aliphatic rings. The molecule has 10 nitrogen and oxygen atoms in total. The summed E-state index contributed by atoms with van der Waals surface area (Å²) in [5.41, 5.74) is 8.69. The number of carbonyl (C=O) groups is 1. The summed E-state index contributed by atoms with van der Waals surface area (Å²) in [6, 6.07) is 3.70. The van der Waals surface area contributed by atoms with Gasteiger partial charge in [0.05, 0.1) is 31.7 Å². The SMILES string of the molecule is COc1cncc(-c2cn(C3=C(C)N(c4cc(C(C)(C)C)on4)CC(C(N)=O)=C3)nn2)c1. The van der Waals surface area contributed by atoms with Crippen LogP contribution in [-0.4, -0.2) is 44.7 Å². The lowest BCUT2D eigenvalue weighted by Gasteiger charge is -2.28. The van der Waals surface area contributed by atoms with Crippen LogP contribution >= 0.6 is 0 Å². The molecule has 0 saturated heterocycles. The molecule has 0 bridgehead atoms. The number of aromatic nitrogens is 5. The molecule has 3 aromatic rings. The Labute approximate surface area is 185 Å². The molecule has 10 heteroatoms. The predicted octanol–water partition coefficient (Wildman–Crippen LogP) is 2.75. The van der Waals surface area contributed by atoms with Crippen LogP contribution in [0.3, 0.4) is 0 Å². The third-order valence-corrected chi connectivity index (χ3v) is 5.23. The van der Waals surface area contributed by atoms with Gasteiger partial charge in [-0.3, -0.25) is 9.78 Å². The monoisotopic (exact) mass is 435 g/mol. The summed E-state index contributed by atoms with van der Waals surface area (Å²) >= 11 is 0. The second kappa shape index (κ2) is 7.95. The van der Waals surface area contributed by atoms with Gasteiger partial charge in [-0.2, -0.15) is 0 Å². The molecular weight excluding hydrogens is 410 g/mol. The van der Waals surface area contributed by atoms with Crippen LogP contribution in [0, 0.1) is 0 Å². The average molecular weight is 435 g/mol. The van der Waals surface area contributed by atoms with E-state index in [9.17, 15) is 4.79 Å². The van der Waals surface area contributed by atoms with Crippen LogP contribution in [0.1, 0.15) is 33.5 Å². The van der Waals surface area contributed by atoms with Gasteiger partial charge in [0.1, 0.15) is 17.2 Å². The first-order chi connectivity index (χ1) is 15.2. The van der Waals surface area contributed by atoms with Crippen LogP contribution in [0.5, 0.6) is 5.75 Å². The number of methoxy groups -OCH3 is 1. The number of nitrogens with two attached hydrogens (primary N) is 1. The lowest BCUT2D eigenvalue weighted by molar-refractivity contribution is -0.114. The van der Waals surface area contributed by atoms with E-state index in [4.69, 9.17) is 15.0 Å². The number of carbonyl (C=O) groups excluding carboxylic acids is 1. The number of rotatable bonds is 5.